The first-order valence-corrected chi connectivity index (χ1v) is 4.79. The summed E-state index contributed by atoms with van der Waals surface area (Å²) in [6.45, 7) is 3.12. The summed E-state index contributed by atoms with van der Waals surface area (Å²) in [7, 11) is 0. The lowest BCUT2D eigenvalue weighted by Crippen LogP contribution is -2.33. The molecule has 2 atom stereocenters. The van der Waals surface area contributed by atoms with Crippen LogP contribution in [-0.2, 0) is 14.3 Å². The van der Waals surface area contributed by atoms with E-state index in [1.165, 1.54) is 0 Å². The molecular weight excluding hydrogens is 170 g/mol. The number of unbranched alkanes of at least 4 members (excludes halogenated alkanes) is 1. The number of carbonyl (C=O) groups excluding carboxylic acids is 1. The minimum Gasteiger partial charge on any atom is -0.465 e. The summed E-state index contributed by atoms with van der Waals surface area (Å²) in [4.78, 5) is 11.3. The van der Waals surface area contributed by atoms with E-state index in [2.05, 4.69) is 6.92 Å². The Labute approximate surface area is 78.4 Å². The van der Waals surface area contributed by atoms with Gasteiger partial charge in [0, 0.05) is 6.61 Å². The summed E-state index contributed by atoms with van der Waals surface area (Å²) in [6.07, 6.45) is 2.16. The van der Waals surface area contributed by atoms with E-state index < -0.39 is 6.23 Å². The van der Waals surface area contributed by atoms with Crippen molar-refractivity contribution in [2.75, 3.05) is 13.2 Å². The number of hydrogen-bond donors (Lipinski definition) is 1. The van der Waals surface area contributed by atoms with Crippen LogP contribution in [0.3, 0.4) is 0 Å². The molecule has 0 saturated carbocycles. The quantitative estimate of drug-likeness (QED) is 0.518. The Bertz CT molecular complexity index is 172. The van der Waals surface area contributed by atoms with Crippen LogP contribution in [0.4, 0.5) is 0 Å². The molecule has 0 aromatic carbocycles. The predicted molar refractivity (Wildman–Crippen MR) is 47.9 cm³/mol. The average Bonchev–Trinajstić information content (AvgIpc) is 2.52. The number of hydrogen-bond acceptors (Lipinski definition) is 4. The van der Waals surface area contributed by atoms with Gasteiger partial charge in [-0.05, 0) is 12.8 Å². The molecule has 0 aromatic rings. The fourth-order valence-corrected chi connectivity index (χ4v) is 1.29. The third-order valence-electron chi connectivity index (χ3n) is 2.18. The molecule has 0 bridgehead atoms. The molecule has 0 amide bonds. The van der Waals surface area contributed by atoms with E-state index in [0.717, 1.165) is 12.8 Å². The van der Waals surface area contributed by atoms with Crippen molar-refractivity contribution in [3.63, 3.8) is 0 Å². The Kier molecular flexibility index (Phi) is 4.18. The van der Waals surface area contributed by atoms with Gasteiger partial charge in [0.05, 0.1) is 12.5 Å². The van der Waals surface area contributed by atoms with Gasteiger partial charge in [0.1, 0.15) is 6.23 Å². The van der Waals surface area contributed by atoms with Crippen molar-refractivity contribution in [1.29, 1.82) is 0 Å². The third kappa shape index (κ3) is 2.97. The second-order valence-corrected chi connectivity index (χ2v) is 3.25. The maximum atomic E-state index is 11.3. The van der Waals surface area contributed by atoms with Crippen LogP contribution >= 0.6 is 0 Å². The predicted octanol–water partition coefficient (Wildman–Crippen LogP) is 0.651. The lowest BCUT2D eigenvalue weighted by Gasteiger charge is -2.12. The molecule has 1 saturated heterocycles. The van der Waals surface area contributed by atoms with Crippen LogP contribution in [0.1, 0.15) is 26.2 Å². The second kappa shape index (κ2) is 5.19. The van der Waals surface area contributed by atoms with Gasteiger partial charge in [-0.15, -0.1) is 0 Å². The Balaban J connectivity index is 2.22. The van der Waals surface area contributed by atoms with Crippen LogP contribution in [-0.4, -0.2) is 25.4 Å². The van der Waals surface area contributed by atoms with Crippen molar-refractivity contribution < 1.29 is 14.3 Å². The van der Waals surface area contributed by atoms with E-state index in [1.807, 2.05) is 0 Å². The summed E-state index contributed by atoms with van der Waals surface area (Å²) in [5.74, 6) is -0.463. The molecule has 1 unspecified atom stereocenters. The van der Waals surface area contributed by atoms with Gasteiger partial charge in [-0.3, -0.25) is 4.79 Å². The lowest BCUT2D eigenvalue weighted by atomic mass is 10.1. The molecule has 4 nitrogen and oxygen atoms in total. The summed E-state index contributed by atoms with van der Waals surface area (Å²) in [6, 6.07) is 0. The molecule has 1 aliphatic rings. The van der Waals surface area contributed by atoms with Crippen molar-refractivity contribution in [2.45, 2.75) is 32.4 Å². The molecular formula is C9H17NO3. The van der Waals surface area contributed by atoms with Crippen LogP contribution in [0.2, 0.25) is 0 Å². The number of nitrogens with two attached hydrogens (primary N) is 1. The van der Waals surface area contributed by atoms with Gasteiger partial charge < -0.3 is 15.2 Å². The first-order valence-electron chi connectivity index (χ1n) is 4.79. The molecule has 1 heterocycles. The van der Waals surface area contributed by atoms with E-state index in [1.54, 1.807) is 0 Å². The summed E-state index contributed by atoms with van der Waals surface area (Å²) in [5.41, 5.74) is 5.56. The number of ether oxygens (including phenoxy) is 2. The van der Waals surface area contributed by atoms with Gasteiger partial charge in [0.15, 0.2) is 0 Å². The molecule has 0 radical (unpaired) electrons. The molecule has 0 spiro atoms. The molecule has 13 heavy (non-hydrogen) atoms. The monoisotopic (exact) mass is 187 g/mol. The van der Waals surface area contributed by atoms with Crippen LogP contribution in [0.25, 0.3) is 0 Å². The van der Waals surface area contributed by atoms with Crippen molar-refractivity contribution in [1.82, 2.24) is 0 Å². The molecule has 0 aromatic heterocycles. The first-order chi connectivity index (χ1) is 6.25. The summed E-state index contributed by atoms with van der Waals surface area (Å²) < 4.78 is 10.1. The molecule has 76 valence electrons. The maximum absolute atomic E-state index is 11.3. The van der Waals surface area contributed by atoms with E-state index in [4.69, 9.17) is 15.2 Å². The minimum atomic E-state index is -0.464. The van der Waals surface area contributed by atoms with Gasteiger partial charge in [0.2, 0.25) is 0 Å². The molecule has 1 fully saturated rings. The molecule has 4 heteroatoms. The van der Waals surface area contributed by atoms with E-state index >= 15 is 0 Å². The molecule has 1 aliphatic heterocycles. The van der Waals surface area contributed by atoms with E-state index in [-0.39, 0.29) is 11.9 Å². The summed E-state index contributed by atoms with van der Waals surface area (Å²) >= 11 is 0. The highest BCUT2D eigenvalue weighted by atomic mass is 16.5. The molecule has 0 aliphatic carbocycles. The van der Waals surface area contributed by atoms with Crippen LogP contribution in [0.5, 0.6) is 0 Å². The Morgan fingerprint density at radius 1 is 1.69 bits per heavy atom. The Hall–Kier alpha value is -0.610. The van der Waals surface area contributed by atoms with Gasteiger partial charge in [-0.1, -0.05) is 13.3 Å². The SMILES string of the molecule is CCCCOC(=O)C1CCO[C@H]1N. The standard InChI is InChI=1S/C9H17NO3/c1-2-3-5-13-9(11)7-4-6-12-8(7)10/h7-8H,2-6,10H2,1H3/t7?,8-/m1/s1. The Morgan fingerprint density at radius 2 is 2.46 bits per heavy atom. The van der Waals surface area contributed by atoms with Crippen LogP contribution < -0.4 is 5.73 Å². The summed E-state index contributed by atoms with van der Waals surface area (Å²) in [5, 5.41) is 0. The third-order valence-corrected chi connectivity index (χ3v) is 2.18. The fraction of sp³-hybridized carbons (Fsp3) is 0.889. The largest absolute Gasteiger partial charge is 0.465 e. The first kappa shape index (κ1) is 10.5. The van der Waals surface area contributed by atoms with Gasteiger partial charge in [-0.25, -0.2) is 0 Å². The van der Waals surface area contributed by atoms with Crippen molar-refractivity contribution >= 4 is 5.97 Å². The van der Waals surface area contributed by atoms with Gasteiger partial charge >= 0.3 is 5.97 Å². The highest BCUT2D eigenvalue weighted by molar-refractivity contribution is 5.73. The van der Waals surface area contributed by atoms with E-state index in [0.29, 0.717) is 19.6 Å². The second-order valence-electron chi connectivity index (χ2n) is 3.25. The average molecular weight is 187 g/mol. The molecule has 1 rings (SSSR count). The van der Waals surface area contributed by atoms with Crippen molar-refractivity contribution in [2.24, 2.45) is 11.7 Å². The highest BCUT2D eigenvalue weighted by Gasteiger charge is 2.32. The number of esters is 1. The highest BCUT2D eigenvalue weighted by Crippen LogP contribution is 2.18. The zero-order valence-electron chi connectivity index (χ0n) is 7.99. The van der Waals surface area contributed by atoms with Crippen LogP contribution in [0, 0.1) is 5.92 Å². The van der Waals surface area contributed by atoms with Crippen molar-refractivity contribution in [3.05, 3.63) is 0 Å². The molecule has 2 N–H and O–H groups in total. The Morgan fingerprint density at radius 3 is 3.00 bits per heavy atom. The van der Waals surface area contributed by atoms with Gasteiger partial charge in [0.25, 0.3) is 0 Å². The zero-order chi connectivity index (χ0) is 9.68. The fourth-order valence-electron chi connectivity index (χ4n) is 1.29. The lowest BCUT2D eigenvalue weighted by molar-refractivity contribution is -0.150. The van der Waals surface area contributed by atoms with Gasteiger partial charge in [-0.2, -0.15) is 0 Å². The van der Waals surface area contributed by atoms with E-state index in [9.17, 15) is 4.79 Å². The van der Waals surface area contributed by atoms with Crippen LogP contribution in [0.15, 0.2) is 0 Å². The smallest absolute Gasteiger partial charge is 0.313 e. The number of carbonyl (C=O) groups is 1. The minimum absolute atomic E-state index is 0.210. The zero-order valence-corrected chi connectivity index (χ0v) is 7.99. The topological polar surface area (TPSA) is 61.5 Å². The number of rotatable bonds is 4. The van der Waals surface area contributed by atoms with Crippen molar-refractivity contribution in [3.8, 4) is 0 Å². The normalized spacial score (nSPS) is 27.5. The maximum Gasteiger partial charge on any atom is 0.313 e.